The van der Waals surface area contributed by atoms with E-state index in [-0.39, 0.29) is 16.9 Å². The van der Waals surface area contributed by atoms with Crippen molar-refractivity contribution in [2.24, 2.45) is 5.73 Å². The number of rotatable bonds is 8. The first-order chi connectivity index (χ1) is 13.8. The molecule has 29 heavy (non-hydrogen) atoms. The largest absolute Gasteiger partial charge is 0.374 e. The summed E-state index contributed by atoms with van der Waals surface area (Å²) in [5, 5.41) is 2.82. The van der Waals surface area contributed by atoms with Crippen LogP contribution in [0.5, 0.6) is 0 Å². The lowest BCUT2D eigenvalue weighted by Gasteiger charge is -2.16. The number of aromatic nitrogens is 1. The highest BCUT2D eigenvalue weighted by molar-refractivity contribution is 6.13. The molecular formula is C22H23F2N3O2. The van der Waals surface area contributed by atoms with E-state index in [0.29, 0.717) is 24.7 Å². The Balaban J connectivity index is 2.54. The summed E-state index contributed by atoms with van der Waals surface area (Å²) in [4.78, 5) is 25.3. The number of nitrogens with one attached hydrogen (secondary N) is 1. The summed E-state index contributed by atoms with van der Waals surface area (Å²) in [6.45, 7) is 5.34. The Morgan fingerprint density at radius 3 is 2.41 bits per heavy atom. The number of carbonyl (C=O) groups excluding carboxylic acids is 1. The normalized spacial score (nSPS) is 12.0. The predicted octanol–water partition coefficient (Wildman–Crippen LogP) is 3.85. The minimum atomic E-state index is -1.09. The third-order valence-electron chi connectivity index (χ3n) is 4.30. The average Bonchev–Trinajstić information content (AvgIpc) is 2.73. The van der Waals surface area contributed by atoms with Gasteiger partial charge in [0.25, 0.3) is 5.56 Å². The monoisotopic (exact) mass is 399 g/mol. The number of ketones is 1. The molecule has 152 valence electrons. The lowest BCUT2D eigenvalue weighted by atomic mass is 10.0. The molecule has 2 aromatic rings. The maximum Gasteiger partial charge on any atom is 0.256 e. The van der Waals surface area contributed by atoms with Gasteiger partial charge in [-0.15, -0.1) is 0 Å². The van der Waals surface area contributed by atoms with E-state index in [0.717, 1.165) is 11.6 Å². The topological polar surface area (TPSA) is 77.1 Å². The van der Waals surface area contributed by atoms with Crippen molar-refractivity contribution in [1.82, 2.24) is 4.57 Å². The number of allylic oxidation sites excluding steroid dienone is 5. The number of halogens is 2. The molecule has 0 saturated heterocycles. The van der Waals surface area contributed by atoms with Crippen LogP contribution in [0.4, 0.5) is 14.6 Å². The summed E-state index contributed by atoms with van der Waals surface area (Å²) in [6, 6.07) is 9.65. The molecule has 0 aliphatic heterocycles. The van der Waals surface area contributed by atoms with Crippen LogP contribution in [0.15, 0.2) is 77.2 Å². The first-order valence-corrected chi connectivity index (χ1v) is 9.00. The standard InChI is InChI=1S/C22H23F2N3O2/c1-4-16(23)13-19(24)14(2)21(29)18-9-10-20(28)27(22(18)26-3)17-7-5-15(6-8-17)11-12-25/h4-10,13,26H,2,11-12,25H2,1,3H3/b16-4+,19-13+. The van der Waals surface area contributed by atoms with Gasteiger partial charge in [0.05, 0.1) is 16.8 Å². The van der Waals surface area contributed by atoms with E-state index >= 15 is 0 Å². The summed E-state index contributed by atoms with van der Waals surface area (Å²) in [6.07, 6.45) is 2.34. The van der Waals surface area contributed by atoms with Crippen molar-refractivity contribution in [2.45, 2.75) is 13.3 Å². The van der Waals surface area contributed by atoms with Gasteiger partial charge in [-0.05, 0) is 43.7 Å². The zero-order valence-electron chi connectivity index (χ0n) is 16.3. The number of pyridine rings is 1. The fraction of sp³-hybridized carbons (Fsp3) is 0.182. The molecule has 0 unspecified atom stereocenters. The van der Waals surface area contributed by atoms with Crippen LogP contribution in [0.25, 0.3) is 5.69 Å². The van der Waals surface area contributed by atoms with Gasteiger partial charge in [0, 0.05) is 19.2 Å². The molecule has 0 amide bonds. The van der Waals surface area contributed by atoms with Crippen molar-refractivity contribution in [3.63, 3.8) is 0 Å². The molecule has 5 nitrogen and oxygen atoms in total. The summed E-state index contributed by atoms with van der Waals surface area (Å²) < 4.78 is 28.8. The van der Waals surface area contributed by atoms with Gasteiger partial charge in [0.1, 0.15) is 17.5 Å². The molecule has 0 spiro atoms. The second kappa shape index (κ2) is 9.75. The highest BCUT2D eigenvalue weighted by Gasteiger charge is 2.21. The van der Waals surface area contributed by atoms with Crippen LogP contribution in [0.1, 0.15) is 22.8 Å². The highest BCUT2D eigenvalue weighted by Crippen LogP contribution is 2.24. The lowest BCUT2D eigenvalue weighted by Crippen LogP contribution is -2.23. The van der Waals surface area contributed by atoms with Crippen LogP contribution in [-0.4, -0.2) is 23.9 Å². The van der Waals surface area contributed by atoms with E-state index in [1.807, 2.05) is 12.1 Å². The van der Waals surface area contributed by atoms with Gasteiger partial charge in [0.15, 0.2) is 5.78 Å². The van der Waals surface area contributed by atoms with Crippen LogP contribution in [0, 0.1) is 0 Å². The highest BCUT2D eigenvalue weighted by atomic mass is 19.1. The van der Waals surface area contributed by atoms with E-state index in [9.17, 15) is 18.4 Å². The molecule has 0 radical (unpaired) electrons. The molecule has 0 atom stereocenters. The summed E-state index contributed by atoms with van der Waals surface area (Å²) in [7, 11) is 1.54. The molecule has 3 N–H and O–H groups in total. The summed E-state index contributed by atoms with van der Waals surface area (Å²) >= 11 is 0. The Morgan fingerprint density at radius 2 is 1.86 bits per heavy atom. The Bertz CT molecular complexity index is 1040. The molecule has 7 heteroatoms. The molecule has 2 rings (SSSR count). The lowest BCUT2D eigenvalue weighted by molar-refractivity contribution is 0.103. The van der Waals surface area contributed by atoms with Crippen molar-refractivity contribution in [3.05, 3.63) is 93.8 Å². The maximum atomic E-state index is 14.2. The third-order valence-corrected chi connectivity index (χ3v) is 4.30. The van der Waals surface area contributed by atoms with E-state index in [1.165, 1.54) is 23.6 Å². The molecule has 0 bridgehead atoms. The molecule has 1 aromatic heterocycles. The van der Waals surface area contributed by atoms with Crippen LogP contribution in [0.3, 0.4) is 0 Å². The zero-order valence-corrected chi connectivity index (χ0v) is 16.3. The molecular weight excluding hydrogens is 376 g/mol. The molecule has 0 aliphatic rings. The molecule has 1 heterocycles. The zero-order chi connectivity index (χ0) is 21.6. The number of anilines is 1. The first kappa shape index (κ1) is 22.0. The number of carbonyl (C=O) groups is 1. The van der Waals surface area contributed by atoms with Crippen LogP contribution in [0.2, 0.25) is 0 Å². The van der Waals surface area contributed by atoms with Gasteiger partial charge in [-0.1, -0.05) is 24.8 Å². The Labute approximate surface area is 167 Å². The molecule has 0 fully saturated rings. The van der Waals surface area contributed by atoms with Crippen molar-refractivity contribution in [1.29, 1.82) is 0 Å². The number of benzene rings is 1. The van der Waals surface area contributed by atoms with Gasteiger partial charge in [-0.3, -0.25) is 14.2 Å². The van der Waals surface area contributed by atoms with Gasteiger partial charge >= 0.3 is 0 Å². The van der Waals surface area contributed by atoms with Gasteiger partial charge < -0.3 is 11.1 Å². The summed E-state index contributed by atoms with van der Waals surface area (Å²) in [5.41, 5.74) is 6.23. The smallest absolute Gasteiger partial charge is 0.256 e. The van der Waals surface area contributed by atoms with E-state index in [1.54, 1.807) is 19.2 Å². The van der Waals surface area contributed by atoms with Crippen molar-refractivity contribution in [2.75, 3.05) is 18.9 Å². The maximum absolute atomic E-state index is 14.2. The number of hydrogen-bond acceptors (Lipinski definition) is 4. The predicted molar refractivity (Wildman–Crippen MR) is 112 cm³/mol. The van der Waals surface area contributed by atoms with Crippen LogP contribution < -0.4 is 16.6 Å². The molecule has 0 saturated carbocycles. The Morgan fingerprint density at radius 1 is 1.21 bits per heavy atom. The SMILES string of the molecule is C=C(C(=O)c1ccc(=O)n(-c2ccc(CCN)cc2)c1NC)/C(F)=C\C(F)=C/C. The van der Waals surface area contributed by atoms with Gasteiger partial charge in [-0.25, -0.2) is 8.78 Å². The number of nitrogens with two attached hydrogens (primary N) is 1. The van der Waals surface area contributed by atoms with E-state index in [4.69, 9.17) is 5.73 Å². The quantitative estimate of drug-likeness (QED) is 0.402. The number of hydrogen-bond donors (Lipinski definition) is 2. The van der Waals surface area contributed by atoms with Crippen molar-refractivity contribution in [3.8, 4) is 5.69 Å². The molecule has 0 aliphatic carbocycles. The van der Waals surface area contributed by atoms with Crippen molar-refractivity contribution < 1.29 is 13.6 Å². The second-order valence-corrected chi connectivity index (χ2v) is 6.20. The van der Waals surface area contributed by atoms with Crippen LogP contribution >= 0.6 is 0 Å². The average molecular weight is 399 g/mol. The fourth-order valence-corrected chi connectivity index (χ4v) is 2.77. The van der Waals surface area contributed by atoms with E-state index < -0.39 is 23.0 Å². The number of Topliss-reactive ketones (excluding diaryl/α,β-unsaturated/α-hetero) is 1. The minimum Gasteiger partial charge on any atom is -0.374 e. The third kappa shape index (κ3) is 4.94. The second-order valence-electron chi connectivity index (χ2n) is 6.20. The fourth-order valence-electron chi connectivity index (χ4n) is 2.77. The molecule has 1 aromatic carbocycles. The minimum absolute atomic E-state index is 0.0348. The Hall–Kier alpha value is -3.32. The van der Waals surface area contributed by atoms with Gasteiger partial charge in [-0.2, -0.15) is 0 Å². The Kier molecular flexibility index (Phi) is 7.39. The summed E-state index contributed by atoms with van der Waals surface area (Å²) in [5.74, 6) is -2.50. The van der Waals surface area contributed by atoms with Gasteiger partial charge in [0.2, 0.25) is 0 Å². The van der Waals surface area contributed by atoms with E-state index in [2.05, 4.69) is 11.9 Å². The number of nitrogens with zero attached hydrogens (tertiary/aromatic N) is 1. The van der Waals surface area contributed by atoms with Crippen LogP contribution in [-0.2, 0) is 6.42 Å². The first-order valence-electron chi connectivity index (χ1n) is 9.00. The van der Waals surface area contributed by atoms with Crippen molar-refractivity contribution >= 4 is 11.6 Å².